The van der Waals surface area contributed by atoms with Gasteiger partial charge in [-0.15, -0.1) is 5.10 Å². The third-order valence-electron chi connectivity index (χ3n) is 4.47. The number of hydrogen-bond donors (Lipinski definition) is 2. The predicted molar refractivity (Wildman–Crippen MR) is 75.4 cm³/mol. The Labute approximate surface area is 119 Å². The maximum Gasteiger partial charge on any atom is 0.273 e. The Kier molecular flexibility index (Phi) is 4.00. The molecule has 1 amide bonds. The summed E-state index contributed by atoms with van der Waals surface area (Å²) in [5, 5.41) is 14.2. The van der Waals surface area contributed by atoms with E-state index in [-0.39, 0.29) is 5.91 Å². The van der Waals surface area contributed by atoms with Crippen LogP contribution in [-0.4, -0.2) is 40.5 Å². The normalized spacial score (nSPS) is 27.1. The molecule has 2 aliphatic rings. The Bertz CT molecular complexity index is 468. The lowest BCUT2D eigenvalue weighted by atomic mass is 9.82. The molecule has 1 aliphatic heterocycles. The van der Waals surface area contributed by atoms with Crippen LogP contribution in [0.2, 0.25) is 0 Å². The molecule has 2 unspecified atom stereocenters. The quantitative estimate of drug-likeness (QED) is 0.860. The van der Waals surface area contributed by atoms with Gasteiger partial charge in [-0.05, 0) is 24.7 Å². The highest BCUT2D eigenvalue weighted by atomic mass is 16.2. The summed E-state index contributed by atoms with van der Waals surface area (Å²) in [4.78, 5) is 12.1. The fourth-order valence-electron chi connectivity index (χ4n) is 3.09. The van der Waals surface area contributed by atoms with Crippen LogP contribution in [0.25, 0.3) is 0 Å². The van der Waals surface area contributed by atoms with Crippen molar-refractivity contribution in [2.75, 3.05) is 19.6 Å². The molecule has 20 heavy (non-hydrogen) atoms. The summed E-state index contributed by atoms with van der Waals surface area (Å²) in [5.41, 5.74) is 0.431. The van der Waals surface area contributed by atoms with Crippen LogP contribution in [0.1, 0.15) is 49.1 Å². The fraction of sp³-hybridized carbons (Fsp3) is 0.786. The van der Waals surface area contributed by atoms with Crippen molar-refractivity contribution < 1.29 is 4.79 Å². The summed E-state index contributed by atoms with van der Waals surface area (Å²) >= 11 is 0. The van der Waals surface area contributed by atoms with Gasteiger partial charge in [0.2, 0.25) is 0 Å². The second-order valence-electron chi connectivity index (χ2n) is 6.24. The van der Waals surface area contributed by atoms with Crippen LogP contribution in [0, 0.1) is 11.8 Å². The minimum absolute atomic E-state index is 0.0956. The molecule has 0 radical (unpaired) electrons. The SMILES string of the molecule is CC1CCCC(CNC(=O)c2cn(C3CNC3)nn2)C1. The van der Waals surface area contributed by atoms with E-state index in [2.05, 4.69) is 27.9 Å². The number of hydrogen-bond acceptors (Lipinski definition) is 4. The van der Waals surface area contributed by atoms with E-state index in [1.54, 1.807) is 10.9 Å². The Hall–Kier alpha value is -1.43. The predicted octanol–water partition coefficient (Wildman–Crippen LogP) is 0.978. The monoisotopic (exact) mass is 277 g/mol. The molecule has 1 aromatic heterocycles. The second kappa shape index (κ2) is 5.91. The lowest BCUT2D eigenvalue weighted by Crippen LogP contribution is -2.43. The maximum atomic E-state index is 12.1. The molecule has 1 aromatic rings. The Morgan fingerprint density at radius 1 is 1.50 bits per heavy atom. The summed E-state index contributed by atoms with van der Waals surface area (Å²) < 4.78 is 1.79. The molecule has 0 spiro atoms. The van der Waals surface area contributed by atoms with Crippen molar-refractivity contribution in [3.8, 4) is 0 Å². The number of carbonyl (C=O) groups excluding carboxylic acids is 1. The van der Waals surface area contributed by atoms with Gasteiger partial charge in [0, 0.05) is 19.6 Å². The number of aromatic nitrogens is 3. The summed E-state index contributed by atoms with van der Waals surface area (Å²) in [7, 11) is 0. The zero-order valence-electron chi connectivity index (χ0n) is 12.0. The van der Waals surface area contributed by atoms with Gasteiger partial charge in [0.05, 0.1) is 12.2 Å². The van der Waals surface area contributed by atoms with E-state index in [1.165, 1.54) is 25.7 Å². The molecule has 1 aliphatic carbocycles. The number of carbonyl (C=O) groups is 1. The molecule has 3 rings (SSSR count). The lowest BCUT2D eigenvalue weighted by molar-refractivity contribution is 0.0935. The molecule has 1 saturated heterocycles. The molecule has 110 valence electrons. The van der Waals surface area contributed by atoms with Gasteiger partial charge in [-0.2, -0.15) is 0 Å². The number of rotatable bonds is 4. The molecule has 2 fully saturated rings. The van der Waals surface area contributed by atoms with E-state index in [4.69, 9.17) is 0 Å². The van der Waals surface area contributed by atoms with Gasteiger partial charge in [-0.25, -0.2) is 4.68 Å². The molecule has 2 atom stereocenters. The van der Waals surface area contributed by atoms with Gasteiger partial charge < -0.3 is 10.6 Å². The Morgan fingerprint density at radius 3 is 3.05 bits per heavy atom. The van der Waals surface area contributed by atoms with Crippen molar-refractivity contribution >= 4 is 5.91 Å². The van der Waals surface area contributed by atoms with Gasteiger partial charge >= 0.3 is 0 Å². The average Bonchev–Trinajstić information content (AvgIpc) is 2.83. The first kappa shape index (κ1) is 13.5. The van der Waals surface area contributed by atoms with E-state index >= 15 is 0 Å². The molecule has 6 heteroatoms. The van der Waals surface area contributed by atoms with Crippen LogP contribution in [-0.2, 0) is 0 Å². The van der Waals surface area contributed by atoms with Gasteiger partial charge in [0.1, 0.15) is 0 Å². The summed E-state index contributed by atoms with van der Waals surface area (Å²) in [6.45, 7) is 4.88. The van der Waals surface area contributed by atoms with Crippen molar-refractivity contribution in [3.63, 3.8) is 0 Å². The molecule has 1 saturated carbocycles. The van der Waals surface area contributed by atoms with Gasteiger partial charge in [-0.1, -0.05) is 25.0 Å². The van der Waals surface area contributed by atoms with Crippen LogP contribution in [0.15, 0.2) is 6.20 Å². The van der Waals surface area contributed by atoms with E-state index in [0.717, 1.165) is 25.6 Å². The summed E-state index contributed by atoms with van der Waals surface area (Å²) in [5.74, 6) is 1.31. The molecule has 0 aromatic carbocycles. The minimum Gasteiger partial charge on any atom is -0.350 e. The third-order valence-corrected chi connectivity index (χ3v) is 4.47. The molecule has 0 bridgehead atoms. The van der Waals surface area contributed by atoms with Gasteiger partial charge in [0.25, 0.3) is 5.91 Å². The number of nitrogens with zero attached hydrogens (tertiary/aromatic N) is 3. The minimum atomic E-state index is -0.0956. The Morgan fingerprint density at radius 2 is 2.35 bits per heavy atom. The second-order valence-corrected chi connectivity index (χ2v) is 6.24. The van der Waals surface area contributed by atoms with Crippen LogP contribution >= 0.6 is 0 Å². The standard InChI is InChI=1S/C14H23N5O/c1-10-3-2-4-11(5-10)6-16-14(20)13-9-19(18-17-13)12-7-15-8-12/h9-12,15H,2-8H2,1H3,(H,16,20). The summed E-state index contributed by atoms with van der Waals surface area (Å²) in [6, 6.07) is 0.350. The first-order valence-electron chi connectivity index (χ1n) is 7.63. The summed E-state index contributed by atoms with van der Waals surface area (Å²) in [6.07, 6.45) is 6.82. The van der Waals surface area contributed by atoms with Crippen LogP contribution in [0.3, 0.4) is 0 Å². The highest BCUT2D eigenvalue weighted by Crippen LogP contribution is 2.27. The van der Waals surface area contributed by atoms with E-state index in [1.807, 2.05) is 0 Å². The van der Waals surface area contributed by atoms with E-state index in [0.29, 0.717) is 17.7 Å². The van der Waals surface area contributed by atoms with Gasteiger partial charge in [0.15, 0.2) is 5.69 Å². The number of amides is 1. The van der Waals surface area contributed by atoms with Crippen molar-refractivity contribution in [2.45, 2.75) is 38.6 Å². The first-order chi connectivity index (χ1) is 9.72. The van der Waals surface area contributed by atoms with E-state index in [9.17, 15) is 4.79 Å². The largest absolute Gasteiger partial charge is 0.350 e. The van der Waals surface area contributed by atoms with E-state index < -0.39 is 0 Å². The fourth-order valence-corrected chi connectivity index (χ4v) is 3.09. The zero-order valence-corrected chi connectivity index (χ0v) is 12.0. The van der Waals surface area contributed by atoms with Gasteiger partial charge in [-0.3, -0.25) is 4.79 Å². The lowest BCUT2D eigenvalue weighted by Gasteiger charge is -2.26. The van der Waals surface area contributed by atoms with Crippen molar-refractivity contribution in [2.24, 2.45) is 11.8 Å². The van der Waals surface area contributed by atoms with Crippen molar-refractivity contribution in [1.82, 2.24) is 25.6 Å². The smallest absolute Gasteiger partial charge is 0.273 e. The molecule has 2 heterocycles. The molecule has 2 N–H and O–H groups in total. The van der Waals surface area contributed by atoms with Crippen molar-refractivity contribution in [1.29, 1.82) is 0 Å². The van der Waals surface area contributed by atoms with Crippen LogP contribution < -0.4 is 10.6 Å². The van der Waals surface area contributed by atoms with Crippen molar-refractivity contribution in [3.05, 3.63) is 11.9 Å². The van der Waals surface area contributed by atoms with Crippen LogP contribution in [0.4, 0.5) is 0 Å². The third kappa shape index (κ3) is 3.00. The number of nitrogens with one attached hydrogen (secondary N) is 2. The molecular formula is C14H23N5O. The molecule has 6 nitrogen and oxygen atoms in total. The highest BCUT2D eigenvalue weighted by Gasteiger charge is 2.23. The maximum absolute atomic E-state index is 12.1. The topological polar surface area (TPSA) is 71.8 Å². The highest BCUT2D eigenvalue weighted by molar-refractivity contribution is 5.91. The molecular weight excluding hydrogens is 254 g/mol. The average molecular weight is 277 g/mol. The Balaban J connectivity index is 1.49. The first-order valence-corrected chi connectivity index (χ1v) is 7.63. The van der Waals surface area contributed by atoms with Crippen LogP contribution in [0.5, 0.6) is 0 Å². The zero-order chi connectivity index (χ0) is 13.9.